The molecule has 0 aliphatic carbocycles. The van der Waals surface area contributed by atoms with Crippen LogP contribution in [0.3, 0.4) is 0 Å². The number of rotatable bonds is 4. The zero-order valence-electron chi connectivity index (χ0n) is 13.4. The second-order valence-electron chi connectivity index (χ2n) is 6.30. The van der Waals surface area contributed by atoms with Gasteiger partial charge in [-0.3, -0.25) is 9.59 Å². The minimum atomic E-state index is -0.00952. The van der Waals surface area contributed by atoms with Crippen molar-refractivity contribution in [1.82, 2.24) is 15.5 Å². The highest BCUT2D eigenvalue weighted by Crippen LogP contribution is 2.23. The van der Waals surface area contributed by atoms with Gasteiger partial charge in [-0.05, 0) is 45.1 Å². The molecular weight excluding hydrogens is 266 g/mol. The fraction of sp³-hybridized carbons (Fsp3) is 0.875. The molecule has 2 N–H and O–H groups in total. The molecule has 2 aliphatic heterocycles. The molecule has 5 nitrogen and oxygen atoms in total. The molecule has 0 aromatic rings. The second-order valence-corrected chi connectivity index (χ2v) is 6.30. The highest BCUT2D eigenvalue weighted by atomic mass is 16.2. The fourth-order valence-electron chi connectivity index (χ4n) is 3.46. The van der Waals surface area contributed by atoms with E-state index in [-0.39, 0.29) is 23.8 Å². The lowest BCUT2D eigenvalue weighted by Gasteiger charge is -2.36. The van der Waals surface area contributed by atoms with Crippen LogP contribution in [0.25, 0.3) is 0 Å². The summed E-state index contributed by atoms with van der Waals surface area (Å²) >= 11 is 0. The minimum absolute atomic E-state index is 0.00952. The maximum absolute atomic E-state index is 12.6. The van der Waals surface area contributed by atoms with Crippen molar-refractivity contribution >= 4 is 11.8 Å². The van der Waals surface area contributed by atoms with E-state index < -0.39 is 0 Å². The molecule has 0 spiro atoms. The summed E-state index contributed by atoms with van der Waals surface area (Å²) in [4.78, 5) is 26.4. The van der Waals surface area contributed by atoms with Crippen LogP contribution in [0.1, 0.15) is 46.0 Å². The molecule has 0 radical (unpaired) electrons. The number of amides is 2. The van der Waals surface area contributed by atoms with Crippen molar-refractivity contribution in [3.05, 3.63) is 0 Å². The smallest absolute Gasteiger partial charge is 0.239 e. The monoisotopic (exact) mass is 295 g/mol. The highest BCUT2D eigenvalue weighted by Gasteiger charge is 2.32. The van der Waals surface area contributed by atoms with E-state index in [1.807, 2.05) is 11.8 Å². The van der Waals surface area contributed by atoms with E-state index in [0.29, 0.717) is 12.5 Å². The third-order valence-corrected chi connectivity index (χ3v) is 4.92. The molecule has 5 heteroatoms. The molecule has 2 aliphatic rings. The Morgan fingerprint density at radius 2 is 1.90 bits per heavy atom. The van der Waals surface area contributed by atoms with Crippen molar-refractivity contribution in [2.75, 3.05) is 26.2 Å². The number of carbonyl (C=O) groups is 2. The topological polar surface area (TPSA) is 61.4 Å². The lowest BCUT2D eigenvalue weighted by atomic mass is 9.89. The van der Waals surface area contributed by atoms with E-state index in [1.165, 1.54) is 6.42 Å². The molecular formula is C16H29N3O2. The summed E-state index contributed by atoms with van der Waals surface area (Å²) in [6.07, 6.45) is 4.89. The Bertz CT molecular complexity index is 365. The van der Waals surface area contributed by atoms with Gasteiger partial charge in [-0.2, -0.15) is 0 Å². The van der Waals surface area contributed by atoms with Crippen molar-refractivity contribution in [3.63, 3.8) is 0 Å². The van der Waals surface area contributed by atoms with Crippen molar-refractivity contribution in [2.24, 2.45) is 11.8 Å². The van der Waals surface area contributed by atoms with E-state index in [1.54, 1.807) is 0 Å². The molecule has 2 amide bonds. The van der Waals surface area contributed by atoms with Crippen LogP contribution in [0.15, 0.2) is 0 Å². The van der Waals surface area contributed by atoms with Crippen LogP contribution in [0.2, 0.25) is 0 Å². The first-order chi connectivity index (χ1) is 10.2. The lowest BCUT2D eigenvalue weighted by molar-refractivity contribution is -0.138. The van der Waals surface area contributed by atoms with Gasteiger partial charge in [0.05, 0.1) is 6.04 Å². The molecule has 2 rings (SSSR count). The summed E-state index contributed by atoms with van der Waals surface area (Å²) in [7, 11) is 0. The second kappa shape index (κ2) is 7.78. The first-order valence-corrected chi connectivity index (χ1v) is 8.45. The van der Waals surface area contributed by atoms with Gasteiger partial charge >= 0.3 is 0 Å². The number of likely N-dealkylation sites (tertiary alicyclic amines) is 1. The largest absolute Gasteiger partial charge is 0.356 e. The van der Waals surface area contributed by atoms with E-state index in [9.17, 15) is 9.59 Å². The Morgan fingerprint density at radius 3 is 2.52 bits per heavy atom. The van der Waals surface area contributed by atoms with Crippen LogP contribution in [0.4, 0.5) is 0 Å². The van der Waals surface area contributed by atoms with Crippen molar-refractivity contribution in [3.8, 4) is 0 Å². The van der Waals surface area contributed by atoms with E-state index in [0.717, 1.165) is 45.3 Å². The van der Waals surface area contributed by atoms with Gasteiger partial charge in [-0.15, -0.1) is 0 Å². The molecule has 0 aromatic heterocycles. The van der Waals surface area contributed by atoms with Gasteiger partial charge in [0.15, 0.2) is 0 Å². The summed E-state index contributed by atoms with van der Waals surface area (Å²) < 4.78 is 0. The van der Waals surface area contributed by atoms with Crippen molar-refractivity contribution in [1.29, 1.82) is 0 Å². The molecule has 2 saturated heterocycles. The molecule has 120 valence electrons. The fourth-order valence-corrected chi connectivity index (χ4v) is 3.46. The van der Waals surface area contributed by atoms with Crippen LogP contribution in [0, 0.1) is 11.8 Å². The minimum Gasteiger partial charge on any atom is -0.356 e. The SMILES string of the molecule is CCNC(=O)C1CCN(C(=O)C2CC(CC)CCN2)CC1. The predicted octanol–water partition coefficient (Wildman–Crippen LogP) is 1.14. The average Bonchev–Trinajstić information content (AvgIpc) is 2.54. The molecule has 2 fully saturated rings. The zero-order chi connectivity index (χ0) is 15.2. The lowest BCUT2D eigenvalue weighted by Crippen LogP contribution is -2.52. The van der Waals surface area contributed by atoms with Gasteiger partial charge in [0.1, 0.15) is 0 Å². The number of nitrogens with one attached hydrogen (secondary N) is 2. The predicted molar refractivity (Wildman–Crippen MR) is 82.8 cm³/mol. The molecule has 2 heterocycles. The molecule has 2 unspecified atom stereocenters. The molecule has 21 heavy (non-hydrogen) atoms. The summed E-state index contributed by atoms with van der Waals surface area (Å²) in [6.45, 7) is 7.21. The van der Waals surface area contributed by atoms with E-state index in [4.69, 9.17) is 0 Å². The number of hydrogen-bond acceptors (Lipinski definition) is 3. The van der Waals surface area contributed by atoms with Gasteiger partial charge in [-0.25, -0.2) is 0 Å². The maximum Gasteiger partial charge on any atom is 0.239 e. The Hall–Kier alpha value is -1.10. The molecule has 0 bridgehead atoms. The van der Waals surface area contributed by atoms with Gasteiger partial charge in [0.2, 0.25) is 11.8 Å². The quantitative estimate of drug-likeness (QED) is 0.817. The average molecular weight is 295 g/mol. The van der Waals surface area contributed by atoms with E-state index >= 15 is 0 Å². The summed E-state index contributed by atoms with van der Waals surface area (Å²) in [5.74, 6) is 1.14. The third-order valence-electron chi connectivity index (χ3n) is 4.92. The Morgan fingerprint density at radius 1 is 1.19 bits per heavy atom. The van der Waals surface area contributed by atoms with Crippen LogP contribution < -0.4 is 10.6 Å². The zero-order valence-corrected chi connectivity index (χ0v) is 13.4. The summed E-state index contributed by atoms with van der Waals surface area (Å²) in [6, 6.07) is -0.00952. The number of carbonyl (C=O) groups excluding carboxylic acids is 2. The normalized spacial score (nSPS) is 27.4. The Balaban J connectivity index is 1.81. The van der Waals surface area contributed by atoms with Gasteiger partial charge in [-0.1, -0.05) is 13.3 Å². The first kappa shape index (κ1) is 16.3. The van der Waals surface area contributed by atoms with Crippen LogP contribution >= 0.6 is 0 Å². The Kier molecular flexibility index (Phi) is 6.03. The van der Waals surface area contributed by atoms with Crippen LogP contribution in [-0.2, 0) is 9.59 Å². The molecule has 2 atom stereocenters. The summed E-state index contributed by atoms with van der Waals surface area (Å²) in [5.41, 5.74) is 0. The van der Waals surface area contributed by atoms with Gasteiger partial charge in [0.25, 0.3) is 0 Å². The third kappa shape index (κ3) is 4.19. The number of hydrogen-bond donors (Lipinski definition) is 2. The maximum atomic E-state index is 12.6. The van der Waals surface area contributed by atoms with E-state index in [2.05, 4.69) is 17.6 Å². The standard InChI is InChI=1S/C16H29N3O2/c1-3-12-5-8-18-14(11-12)16(21)19-9-6-13(7-10-19)15(20)17-4-2/h12-14,18H,3-11H2,1-2H3,(H,17,20). The van der Waals surface area contributed by atoms with Crippen molar-refractivity contribution < 1.29 is 9.59 Å². The van der Waals surface area contributed by atoms with Crippen molar-refractivity contribution in [2.45, 2.75) is 52.0 Å². The van der Waals surface area contributed by atoms with Crippen LogP contribution in [-0.4, -0.2) is 48.9 Å². The Labute approximate surface area is 127 Å². The molecule has 0 aromatic carbocycles. The highest BCUT2D eigenvalue weighted by molar-refractivity contribution is 5.83. The van der Waals surface area contributed by atoms with Gasteiger partial charge < -0.3 is 15.5 Å². The summed E-state index contributed by atoms with van der Waals surface area (Å²) in [5, 5.41) is 6.25. The molecule has 0 saturated carbocycles. The first-order valence-electron chi connectivity index (χ1n) is 8.45. The number of nitrogens with zero attached hydrogens (tertiary/aromatic N) is 1. The van der Waals surface area contributed by atoms with Crippen LogP contribution in [0.5, 0.6) is 0 Å². The number of piperidine rings is 2. The van der Waals surface area contributed by atoms with Gasteiger partial charge in [0, 0.05) is 25.6 Å².